The predicted octanol–water partition coefficient (Wildman–Crippen LogP) is 0.928. The van der Waals surface area contributed by atoms with E-state index in [0.717, 1.165) is 5.56 Å². The second-order valence-electron chi connectivity index (χ2n) is 2.89. The first-order valence-electron chi connectivity index (χ1n) is 4.68. The fourth-order valence-electron chi connectivity index (χ4n) is 0.713. The first kappa shape index (κ1) is 13.1. The Hall–Kier alpha value is -0.900. The number of aliphatic hydroxyl groups excluding tert-OH is 3. The number of aliphatic hydroxyl groups is 3. The van der Waals surface area contributed by atoms with Gasteiger partial charge in [0.15, 0.2) is 0 Å². The fraction of sp³-hybridized carbons (Fsp3) is 0.455. The first-order valence-corrected chi connectivity index (χ1v) is 4.68. The van der Waals surface area contributed by atoms with Crippen molar-refractivity contribution in [3.63, 3.8) is 0 Å². The van der Waals surface area contributed by atoms with E-state index in [0.29, 0.717) is 6.42 Å². The molecule has 0 aliphatic rings. The normalized spacial score (nSPS) is 11.4. The molecule has 0 bridgehead atoms. The highest BCUT2D eigenvalue weighted by Crippen LogP contribution is 1.95. The third kappa shape index (κ3) is 6.60. The molecule has 1 atom stereocenters. The topological polar surface area (TPSA) is 60.7 Å². The molecule has 1 unspecified atom stereocenters. The second kappa shape index (κ2) is 8.69. The van der Waals surface area contributed by atoms with Crippen molar-refractivity contribution in [2.75, 3.05) is 6.61 Å². The van der Waals surface area contributed by atoms with E-state index in [-0.39, 0.29) is 13.2 Å². The molecule has 0 heterocycles. The number of hydrogen-bond donors (Lipinski definition) is 3. The van der Waals surface area contributed by atoms with E-state index in [1.165, 1.54) is 0 Å². The van der Waals surface area contributed by atoms with Crippen LogP contribution in [0, 0.1) is 0 Å². The minimum absolute atomic E-state index is 0.115. The molecule has 80 valence electrons. The van der Waals surface area contributed by atoms with Crippen LogP contribution in [0.2, 0.25) is 0 Å². The molecule has 0 saturated heterocycles. The van der Waals surface area contributed by atoms with Crippen LogP contribution in [0.5, 0.6) is 0 Å². The highest BCUT2D eigenvalue weighted by atomic mass is 16.3. The zero-order valence-corrected chi connectivity index (χ0v) is 8.43. The van der Waals surface area contributed by atoms with Crippen molar-refractivity contribution in [1.29, 1.82) is 0 Å². The van der Waals surface area contributed by atoms with Crippen molar-refractivity contribution in [3.8, 4) is 0 Å². The van der Waals surface area contributed by atoms with Gasteiger partial charge in [-0.05, 0) is 12.0 Å². The number of hydrogen-bond acceptors (Lipinski definition) is 3. The lowest BCUT2D eigenvalue weighted by Gasteiger charge is -1.97. The van der Waals surface area contributed by atoms with Gasteiger partial charge in [0.25, 0.3) is 0 Å². The quantitative estimate of drug-likeness (QED) is 0.677. The summed E-state index contributed by atoms with van der Waals surface area (Å²) in [6.45, 7) is 1.85. The van der Waals surface area contributed by atoms with Gasteiger partial charge >= 0.3 is 0 Å². The van der Waals surface area contributed by atoms with E-state index in [9.17, 15) is 0 Å². The van der Waals surface area contributed by atoms with Crippen LogP contribution in [-0.4, -0.2) is 28.0 Å². The van der Waals surface area contributed by atoms with Crippen molar-refractivity contribution in [2.24, 2.45) is 0 Å². The lowest BCUT2D eigenvalue weighted by atomic mass is 10.2. The van der Waals surface area contributed by atoms with E-state index in [2.05, 4.69) is 0 Å². The zero-order valence-electron chi connectivity index (χ0n) is 8.43. The molecule has 14 heavy (non-hydrogen) atoms. The molecule has 3 nitrogen and oxygen atoms in total. The largest absolute Gasteiger partial charge is 0.394 e. The van der Waals surface area contributed by atoms with Gasteiger partial charge in [-0.25, -0.2) is 0 Å². The SMILES string of the molecule is CCC(O)CO.OCc1ccccc1. The summed E-state index contributed by atoms with van der Waals surface area (Å²) in [4.78, 5) is 0. The highest BCUT2D eigenvalue weighted by Gasteiger charge is 1.92. The molecule has 1 aromatic carbocycles. The van der Waals surface area contributed by atoms with Gasteiger partial charge in [-0.3, -0.25) is 0 Å². The molecule has 0 radical (unpaired) electrons. The summed E-state index contributed by atoms with van der Waals surface area (Å²) < 4.78 is 0. The smallest absolute Gasteiger partial charge is 0.0768 e. The van der Waals surface area contributed by atoms with Crippen LogP contribution in [0.3, 0.4) is 0 Å². The monoisotopic (exact) mass is 198 g/mol. The fourth-order valence-corrected chi connectivity index (χ4v) is 0.713. The lowest BCUT2D eigenvalue weighted by molar-refractivity contribution is 0.0923. The van der Waals surface area contributed by atoms with Crippen LogP contribution in [0.1, 0.15) is 18.9 Å². The number of benzene rings is 1. The van der Waals surface area contributed by atoms with Crippen molar-refractivity contribution >= 4 is 0 Å². The average molecular weight is 198 g/mol. The minimum Gasteiger partial charge on any atom is -0.394 e. The molecule has 0 fully saturated rings. The summed E-state index contributed by atoms with van der Waals surface area (Å²) in [5, 5.41) is 25.0. The van der Waals surface area contributed by atoms with Crippen LogP contribution in [0.25, 0.3) is 0 Å². The Labute approximate surface area is 84.6 Å². The van der Waals surface area contributed by atoms with Crippen molar-refractivity contribution < 1.29 is 15.3 Å². The van der Waals surface area contributed by atoms with Gasteiger partial charge in [-0.15, -0.1) is 0 Å². The van der Waals surface area contributed by atoms with Gasteiger partial charge in [0.05, 0.1) is 19.3 Å². The van der Waals surface area contributed by atoms with E-state index >= 15 is 0 Å². The van der Waals surface area contributed by atoms with Crippen LogP contribution in [0.4, 0.5) is 0 Å². The van der Waals surface area contributed by atoms with Crippen molar-refractivity contribution in [2.45, 2.75) is 26.1 Å². The molecule has 0 aromatic heterocycles. The Kier molecular flexibility index (Phi) is 8.13. The Bertz CT molecular complexity index is 207. The molecule has 0 spiro atoms. The Morgan fingerprint density at radius 1 is 1.14 bits per heavy atom. The summed E-state index contributed by atoms with van der Waals surface area (Å²) in [7, 11) is 0. The van der Waals surface area contributed by atoms with Gasteiger partial charge in [-0.2, -0.15) is 0 Å². The average Bonchev–Trinajstić information content (AvgIpc) is 2.30. The van der Waals surface area contributed by atoms with Gasteiger partial charge in [0, 0.05) is 0 Å². The van der Waals surface area contributed by atoms with Crippen molar-refractivity contribution in [3.05, 3.63) is 35.9 Å². The molecular formula is C11H18O3. The maximum absolute atomic E-state index is 8.54. The summed E-state index contributed by atoms with van der Waals surface area (Å²) in [5.41, 5.74) is 0.965. The Balaban J connectivity index is 0.000000255. The van der Waals surface area contributed by atoms with Gasteiger partial charge in [-0.1, -0.05) is 37.3 Å². The van der Waals surface area contributed by atoms with Crippen molar-refractivity contribution in [1.82, 2.24) is 0 Å². The molecule has 0 saturated carbocycles. The van der Waals surface area contributed by atoms with Crippen LogP contribution in [-0.2, 0) is 6.61 Å². The van der Waals surface area contributed by atoms with E-state index in [1.54, 1.807) is 0 Å². The second-order valence-corrected chi connectivity index (χ2v) is 2.89. The molecule has 0 aliphatic heterocycles. The predicted molar refractivity (Wildman–Crippen MR) is 55.7 cm³/mol. The van der Waals surface area contributed by atoms with Gasteiger partial charge < -0.3 is 15.3 Å². The van der Waals surface area contributed by atoms with Crippen LogP contribution >= 0.6 is 0 Å². The first-order chi connectivity index (χ1) is 6.74. The Morgan fingerprint density at radius 3 is 1.93 bits per heavy atom. The molecule has 0 amide bonds. The molecular weight excluding hydrogens is 180 g/mol. The summed E-state index contributed by atoms with van der Waals surface area (Å²) in [6.07, 6.45) is 0.126. The third-order valence-corrected chi connectivity index (χ3v) is 1.71. The minimum atomic E-state index is -0.509. The molecule has 1 aromatic rings. The maximum atomic E-state index is 8.54. The number of rotatable bonds is 3. The van der Waals surface area contributed by atoms with Gasteiger partial charge in [0.2, 0.25) is 0 Å². The summed E-state index contributed by atoms with van der Waals surface area (Å²) in [6, 6.07) is 9.52. The maximum Gasteiger partial charge on any atom is 0.0768 e. The van der Waals surface area contributed by atoms with Gasteiger partial charge in [0.1, 0.15) is 0 Å². The summed E-state index contributed by atoms with van der Waals surface area (Å²) >= 11 is 0. The van der Waals surface area contributed by atoms with E-state index in [4.69, 9.17) is 15.3 Å². The van der Waals surface area contributed by atoms with Crippen LogP contribution < -0.4 is 0 Å². The summed E-state index contributed by atoms with van der Waals surface area (Å²) in [5.74, 6) is 0. The van der Waals surface area contributed by atoms with E-state index < -0.39 is 6.10 Å². The molecule has 3 N–H and O–H groups in total. The van der Waals surface area contributed by atoms with E-state index in [1.807, 2.05) is 37.3 Å². The molecule has 1 rings (SSSR count). The third-order valence-electron chi connectivity index (χ3n) is 1.71. The zero-order chi connectivity index (χ0) is 10.8. The van der Waals surface area contributed by atoms with Crippen LogP contribution in [0.15, 0.2) is 30.3 Å². The highest BCUT2D eigenvalue weighted by molar-refractivity contribution is 5.12. The Morgan fingerprint density at radius 2 is 1.71 bits per heavy atom. The molecule has 0 aliphatic carbocycles. The lowest BCUT2D eigenvalue weighted by Crippen LogP contribution is -2.08. The standard InChI is InChI=1S/C7H8O.C4H10O2/c8-6-7-4-2-1-3-5-7;1-2-4(6)3-5/h1-5,8H,6H2;4-6H,2-3H2,1H3. The molecule has 3 heteroatoms.